The van der Waals surface area contributed by atoms with Crippen molar-refractivity contribution < 1.29 is 24.5 Å². The topological polar surface area (TPSA) is 151 Å². The van der Waals surface area contributed by atoms with Gasteiger partial charge in [0.25, 0.3) is 5.91 Å². The SMILES string of the molecule is COC(=O)c1cnn(-c2ccccn2)c1/N=N/c1c(O)c(C(=O)Nc2ccc(CO)cc2)cc2ccccc12. The van der Waals surface area contributed by atoms with Crippen LogP contribution in [0, 0.1) is 0 Å². The van der Waals surface area contributed by atoms with Gasteiger partial charge in [-0.15, -0.1) is 10.2 Å². The molecule has 0 radical (unpaired) electrons. The molecule has 3 aromatic carbocycles. The summed E-state index contributed by atoms with van der Waals surface area (Å²) in [5.74, 6) is -1.23. The first-order chi connectivity index (χ1) is 19.0. The number of hydrogen-bond donors (Lipinski definition) is 3. The number of hydrogen-bond acceptors (Lipinski definition) is 9. The van der Waals surface area contributed by atoms with Crippen molar-refractivity contribution in [2.24, 2.45) is 10.2 Å². The Morgan fingerprint density at radius 3 is 2.49 bits per heavy atom. The number of aromatic nitrogens is 3. The van der Waals surface area contributed by atoms with E-state index < -0.39 is 17.6 Å². The average molecular weight is 523 g/mol. The highest BCUT2D eigenvalue weighted by atomic mass is 16.5. The molecule has 0 aliphatic rings. The number of aliphatic hydroxyl groups excluding tert-OH is 1. The maximum Gasteiger partial charge on any atom is 0.343 e. The number of aromatic hydroxyl groups is 1. The van der Waals surface area contributed by atoms with Gasteiger partial charge in [-0.3, -0.25) is 4.79 Å². The van der Waals surface area contributed by atoms with Gasteiger partial charge in [-0.2, -0.15) is 9.78 Å². The maximum absolute atomic E-state index is 13.2. The minimum atomic E-state index is -0.680. The average Bonchev–Trinajstić information content (AvgIpc) is 3.40. The Kier molecular flexibility index (Phi) is 7.06. The Bertz CT molecular complexity index is 1700. The monoisotopic (exact) mass is 522 g/mol. The number of nitrogens with one attached hydrogen (secondary N) is 1. The van der Waals surface area contributed by atoms with Gasteiger partial charge in [-0.05, 0) is 41.3 Å². The van der Waals surface area contributed by atoms with Gasteiger partial charge < -0.3 is 20.3 Å². The van der Waals surface area contributed by atoms with E-state index in [0.717, 1.165) is 0 Å². The molecule has 5 aromatic rings. The second-order valence-electron chi connectivity index (χ2n) is 8.32. The van der Waals surface area contributed by atoms with Crippen molar-refractivity contribution in [1.82, 2.24) is 14.8 Å². The number of rotatable bonds is 7. The second kappa shape index (κ2) is 10.9. The zero-order valence-electron chi connectivity index (χ0n) is 20.6. The summed E-state index contributed by atoms with van der Waals surface area (Å²) in [5, 5.41) is 37.1. The number of nitrogens with zero attached hydrogens (tertiary/aromatic N) is 5. The molecule has 1 amide bonds. The summed E-state index contributed by atoms with van der Waals surface area (Å²) >= 11 is 0. The predicted molar refractivity (Wildman–Crippen MR) is 143 cm³/mol. The standard InChI is InChI=1S/C28H22N6O5/c1-39-28(38)22-15-30-34(23-8-4-5-13-29-23)26(22)33-32-24-20-7-3-2-6-18(20)14-21(25(24)36)27(37)31-19-11-9-17(16-35)10-12-19/h2-15,35-36H,16H2,1H3,(H,31,37)/b33-32+. The fraction of sp³-hybridized carbons (Fsp3) is 0.0714. The van der Waals surface area contributed by atoms with E-state index in [4.69, 9.17) is 4.74 Å². The van der Waals surface area contributed by atoms with Crippen molar-refractivity contribution in [3.8, 4) is 11.6 Å². The number of esters is 1. The summed E-state index contributed by atoms with van der Waals surface area (Å²) in [7, 11) is 1.24. The van der Waals surface area contributed by atoms with Crippen LogP contribution in [0.3, 0.4) is 0 Å². The third-order valence-corrected chi connectivity index (χ3v) is 5.89. The van der Waals surface area contributed by atoms with E-state index in [0.29, 0.717) is 27.8 Å². The van der Waals surface area contributed by atoms with E-state index in [1.807, 2.05) is 0 Å². The zero-order valence-corrected chi connectivity index (χ0v) is 20.6. The summed E-state index contributed by atoms with van der Waals surface area (Å²) in [6.45, 7) is -0.120. The highest BCUT2D eigenvalue weighted by Gasteiger charge is 2.22. The van der Waals surface area contributed by atoms with Crippen LogP contribution in [0.15, 0.2) is 95.4 Å². The molecule has 0 aliphatic heterocycles. The van der Waals surface area contributed by atoms with Crippen LogP contribution < -0.4 is 5.32 Å². The molecule has 0 saturated carbocycles. The minimum Gasteiger partial charge on any atom is -0.505 e. The molecule has 0 bridgehead atoms. The molecule has 0 aliphatic carbocycles. The van der Waals surface area contributed by atoms with Crippen molar-refractivity contribution in [2.75, 3.05) is 12.4 Å². The number of aliphatic hydroxyl groups is 1. The van der Waals surface area contributed by atoms with Crippen LogP contribution in [0.25, 0.3) is 16.6 Å². The van der Waals surface area contributed by atoms with Gasteiger partial charge in [0.05, 0.1) is 25.5 Å². The number of phenolic OH excluding ortho intramolecular Hbond substituents is 1. The number of carbonyl (C=O) groups is 2. The number of carbonyl (C=O) groups excluding carboxylic acids is 2. The maximum atomic E-state index is 13.2. The number of anilines is 1. The molecule has 5 rings (SSSR count). The Morgan fingerprint density at radius 2 is 1.77 bits per heavy atom. The number of azo groups is 1. The molecule has 2 aromatic heterocycles. The van der Waals surface area contributed by atoms with E-state index in [1.165, 1.54) is 18.0 Å². The summed E-state index contributed by atoms with van der Waals surface area (Å²) in [6.07, 6.45) is 2.85. The number of fused-ring (bicyclic) bond motifs is 1. The molecule has 194 valence electrons. The highest BCUT2D eigenvalue weighted by molar-refractivity contribution is 6.11. The van der Waals surface area contributed by atoms with Crippen LogP contribution in [0.4, 0.5) is 17.2 Å². The first-order valence-electron chi connectivity index (χ1n) is 11.8. The van der Waals surface area contributed by atoms with Crippen molar-refractivity contribution in [3.05, 3.63) is 102 Å². The number of phenols is 1. The van der Waals surface area contributed by atoms with Crippen LogP contribution in [-0.4, -0.2) is 44.0 Å². The number of methoxy groups -OCH3 is 1. The number of pyridine rings is 1. The molecule has 0 unspecified atom stereocenters. The van der Waals surface area contributed by atoms with Gasteiger partial charge in [-0.25, -0.2) is 9.78 Å². The lowest BCUT2D eigenvalue weighted by Gasteiger charge is -2.11. The quantitative estimate of drug-likeness (QED) is 0.199. The van der Waals surface area contributed by atoms with Gasteiger partial charge in [0.1, 0.15) is 11.3 Å². The molecule has 0 fully saturated rings. The number of ether oxygens (including phenoxy) is 1. The van der Waals surface area contributed by atoms with Crippen molar-refractivity contribution in [1.29, 1.82) is 0 Å². The largest absolute Gasteiger partial charge is 0.505 e. The summed E-state index contributed by atoms with van der Waals surface area (Å²) in [5.41, 5.74) is 1.21. The number of benzene rings is 3. The van der Waals surface area contributed by atoms with Gasteiger partial charge in [0.15, 0.2) is 17.4 Å². The van der Waals surface area contributed by atoms with Crippen molar-refractivity contribution in [3.63, 3.8) is 0 Å². The molecule has 0 saturated heterocycles. The fourth-order valence-corrected chi connectivity index (χ4v) is 3.92. The highest BCUT2D eigenvalue weighted by Crippen LogP contribution is 2.40. The van der Waals surface area contributed by atoms with Crippen LogP contribution in [-0.2, 0) is 11.3 Å². The lowest BCUT2D eigenvalue weighted by molar-refractivity contribution is 0.0601. The van der Waals surface area contributed by atoms with Crippen LogP contribution in [0.1, 0.15) is 26.3 Å². The summed E-state index contributed by atoms with van der Waals surface area (Å²) in [4.78, 5) is 29.8. The molecule has 11 heteroatoms. The first kappa shape index (κ1) is 25.2. The summed E-state index contributed by atoms with van der Waals surface area (Å²) < 4.78 is 6.18. The smallest absolute Gasteiger partial charge is 0.343 e. The molecule has 3 N–H and O–H groups in total. The Morgan fingerprint density at radius 1 is 1.00 bits per heavy atom. The Hall–Kier alpha value is -5.42. The van der Waals surface area contributed by atoms with Crippen LogP contribution in [0.5, 0.6) is 5.75 Å². The molecule has 11 nitrogen and oxygen atoms in total. The van der Waals surface area contributed by atoms with E-state index in [2.05, 4.69) is 25.6 Å². The van der Waals surface area contributed by atoms with Gasteiger partial charge >= 0.3 is 5.97 Å². The van der Waals surface area contributed by atoms with Crippen LogP contribution in [0.2, 0.25) is 0 Å². The molecule has 39 heavy (non-hydrogen) atoms. The fourth-order valence-electron chi connectivity index (χ4n) is 3.92. The third kappa shape index (κ3) is 5.06. The van der Waals surface area contributed by atoms with E-state index in [9.17, 15) is 19.8 Å². The molecule has 0 spiro atoms. The van der Waals surface area contributed by atoms with Crippen molar-refractivity contribution >= 4 is 39.8 Å². The zero-order chi connectivity index (χ0) is 27.4. The lowest BCUT2D eigenvalue weighted by atomic mass is 10.0. The molecule has 2 heterocycles. The number of amides is 1. The normalized spacial score (nSPS) is 11.1. The second-order valence-corrected chi connectivity index (χ2v) is 8.32. The Labute approximate surface area is 222 Å². The van der Waals surface area contributed by atoms with Crippen molar-refractivity contribution in [2.45, 2.75) is 6.61 Å². The van der Waals surface area contributed by atoms with E-state index in [1.54, 1.807) is 79.0 Å². The third-order valence-electron chi connectivity index (χ3n) is 5.89. The molecular weight excluding hydrogens is 500 g/mol. The van der Waals surface area contributed by atoms with Gasteiger partial charge in [0, 0.05) is 17.3 Å². The van der Waals surface area contributed by atoms with Crippen LogP contribution >= 0.6 is 0 Å². The molecular formula is C28H22N6O5. The van der Waals surface area contributed by atoms with Gasteiger partial charge in [0.2, 0.25) is 0 Å². The predicted octanol–water partition coefficient (Wildman–Crippen LogP) is 5.07. The van der Waals surface area contributed by atoms with E-state index >= 15 is 0 Å². The lowest BCUT2D eigenvalue weighted by Crippen LogP contribution is -2.12. The van der Waals surface area contributed by atoms with E-state index in [-0.39, 0.29) is 29.2 Å². The minimum absolute atomic E-state index is 0.0264. The summed E-state index contributed by atoms with van der Waals surface area (Å²) in [6, 6.07) is 20.4. The Balaban J connectivity index is 1.59. The molecule has 0 atom stereocenters. The van der Waals surface area contributed by atoms with Gasteiger partial charge in [-0.1, -0.05) is 42.5 Å². The first-order valence-corrected chi connectivity index (χ1v) is 11.8.